The lowest BCUT2D eigenvalue weighted by atomic mass is 10.1. The zero-order valence-corrected chi connectivity index (χ0v) is 13.9. The van der Waals surface area contributed by atoms with Gasteiger partial charge in [0.15, 0.2) is 0 Å². The molecule has 2 heterocycles. The van der Waals surface area contributed by atoms with Gasteiger partial charge in [0.25, 0.3) is 5.91 Å². The van der Waals surface area contributed by atoms with E-state index in [-0.39, 0.29) is 11.7 Å². The Labute approximate surface area is 150 Å². The first kappa shape index (κ1) is 16.0. The number of para-hydroxylation sites is 1. The van der Waals surface area contributed by atoms with Crippen molar-refractivity contribution in [3.05, 3.63) is 102 Å². The van der Waals surface area contributed by atoms with Gasteiger partial charge in [-0.25, -0.2) is 9.37 Å². The largest absolute Gasteiger partial charge is 0.302 e. The SMILES string of the molecule is O=C(c1ccc(F)cc1)N(Cc1cnc2ccccn12)c1ccccc1. The maximum Gasteiger partial charge on any atom is 0.258 e. The summed E-state index contributed by atoms with van der Waals surface area (Å²) in [5.41, 5.74) is 2.92. The average Bonchev–Trinajstić information content (AvgIpc) is 3.10. The van der Waals surface area contributed by atoms with Crippen LogP contribution >= 0.6 is 0 Å². The number of hydrogen-bond donors (Lipinski definition) is 0. The van der Waals surface area contributed by atoms with Gasteiger partial charge in [-0.1, -0.05) is 24.3 Å². The Morgan fingerprint density at radius 1 is 0.962 bits per heavy atom. The van der Waals surface area contributed by atoms with E-state index in [1.807, 2.05) is 59.1 Å². The number of halogens is 1. The first-order valence-corrected chi connectivity index (χ1v) is 8.26. The molecule has 0 fully saturated rings. The maximum absolute atomic E-state index is 13.2. The van der Waals surface area contributed by atoms with E-state index in [2.05, 4.69) is 4.98 Å². The van der Waals surface area contributed by atoms with Gasteiger partial charge in [-0.05, 0) is 48.5 Å². The van der Waals surface area contributed by atoms with Crippen LogP contribution < -0.4 is 4.90 Å². The Bertz CT molecular complexity index is 1040. The number of aromatic nitrogens is 2. The number of rotatable bonds is 4. The Kier molecular flexibility index (Phi) is 4.19. The van der Waals surface area contributed by atoms with Gasteiger partial charge < -0.3 is 9.30 Å². The average molecular weight is 345 g/mol. The van der Waals surface area contributed by atoms with E-state index in [1.165, 1.54) is 24.3 Å². The van der Waals surface area contributed by atoms with Crippen molar-refractivity contribution in [1.29, 1.82) is 0 Å². The van der Waals surface area contributed by atoms with Gasteiger partial charge in [0.1, 0.15) is 11.5 Å². The molecule has 2 aromatic carbocycles. The highest BCUT2D eigenvalue weighted by atomic mass is 19.1. The second kappa shape index (κ2) is 6.80. The molecule has 0 aliphatic heterocycles. The van der Waals surface area contributed by atoms with E-state index in [1.54, 1.807) is 11.1 Å². The minimum atomic E-state index is -0.366. The van der Waals surface area contributed by atoms with Gasteiger partial charge in [0.2, 0.25) is 0 Å². The first-order valence-electron chi connectivity index (χ1n) is 8.26. The van der Waals surface area contributed by atoms with Crippen LogP contribution in [-0.2, 0) is 6.54 Å². The first-order chi connectivity index (χ1) is 12.7. The number of hydrogen-bond acceptors (Lipinski definition) is 2. The molecule has 0 saturated heterocycles. The highest BCUT2D eigenvalue weighted by Gasteiger charge is 2.19. The lowest BCUT2D eigenvalue weighted by Crippen LogP contribution is -2.30. The van der Waals surface area contributed by atoms with E-state index < -0.39 is 0 Å². The molecule has 0 aliphatic rings. The molecule has 0 aliphatic carbocycles. The quantitative estimate of drug-likeness (QED) is 0.552. The molecule has 0 spiro atoms. The summed E-state index contributed by atoms with van der Waals surface area (Å²) in [6, 6.07) is 20.8. The predicted molar refractivity (Wildman–Crippen MR) is 98.5 cm³/mol. The van der Waals surface area contributed by atoms with Crippen molar-refractivity contribution in [3.8, 4) is 0 Å². The van der Waals surface area contributed by atoms with Crippen LogP contribution in [0.25, 0.3) is 5.65 Å². The van der Waals surface area contributed by atoms with Crippen LogP contribution in [0.4, 0.5) is 10.1 Å². The standard InChI is InChI=1S/C21H16FN3O/c22-17-11-9-16(10-12-17)21(26)25(18-6-2-1-3-7-18)15-19-14-23-20-8-4-5-13-24(19)20/h1-14H,15H2. The third kappa shape index (κ3) is 3.07. The maximum atomic E-state index is 13.2. The van der Waals surface area contributed by atoms with Crippen molar-refractivity contribution >= 4 is 17.2 Å². The second-order valence-corrected chi connectivity index (χ2v) is 5.91. The molecule has 4 nitrogen and oxygen atoms in total. The summed E-state index contributed by atoms with van der Waals surface area (Å²) in [4.78, 5) is 19.1. The van der Waals surface area contributed by atoms with E-state index in [0.717, 1.165) is 17.0 Å². The summed E-state index contributed by atoms with van der Waals surface area (Å²) in [6.45, 7) is 0.353. The highest BCUT2D eigenvalue weighted by Crippen LogP contribution is 2.21. The van der Waals surface area contributed by atoms with Crippen LogP contribution in [0.3, 0.4) is 0 Å². The molecule has 0 atom stereocenters. The molecule has 0 radical (unpaired) electrons. The highest BCUT2D eigenvalue weighted by molar-refractivity contribution is 6.05. The number of pyridine rings is 1. The number of fused-ring (bicyclic) bond motifs is 1. The van der Waals surface area contributed by atoms with Crippen LogP contribution in [0.1, 0.15) is 16.1 Å². The van der Waals surface area contributed by atoms with Gasteiger partial charge in [-0.15, -0.1) is 0 Å². The van der Waals surface area contributed by atoms with Crippen molar-refractivity contribution in [3.63, 3.8) is 0 Å². The van der Waals surface area contributed by atoms with Gasteiger partial charge in [-0.3, -0.25) is 4.79 Å². The number of benzene rings is 2. The van der Waals surface area contributed by atoms with Gasteiger partial charge >= 0.3 is 0 Å². The summed E-state index contributed by atoms with van der Waals surface area (Å²) in [7, 11) is 0. The summed E-state index contributed by atoms with van der Waals surface area (Å²) in [6.07, 6.45) is 3.69. The molecule has 4 aromatic rings. The van der Waals surface area contributed by atoms with Crippen molar-refractivity contribution in [1.82, 2.24) is 9.38 Å². The molecule has 2 aromatic heterocycles. The fourth-order valence-electron chi connectivity index (χ4n) is 2.90. The van der Waals surface area contributed by atoms with Crippen LogP contribution in [0.2, 0.25) is 0 Å². The predicted octanol–water partition coefficient (Wildman–Crippen LogP) is 4.32. The minimum Gasteiger partial charge on any atom is -0.302 e. The topological polar surface area (TPSA) is 37.6 Å². The molecule has 0 bridgehead atoms. The summed E-state index contributed by atoms with van der Waals surface area (Å²) >= 11 is 0. The molecule has 1 amide bonds. The van der Waals surface area contributed by atoms with E-state index in [0.29, 0.717) is 12.1 Å². The Morgan fingerprint density at radius 3 is 2.46 bits per heavy atom. The smallest absolute Gasteiger partial charge is 0.258 e. The molecule has 4 rings (SSSR count). The normalized spacial score (nSPS) is 10.8. The van der Waals surface area contributed by atoms with Crippen molar-refractivity contribution < 1.29 is 9.18 Å². The van der Waals surface area contributed by atoms with Gasteiger partial charge in [0.05, 0.1) is 18.4 Å². The number of carbonyl (C=O) groups is 1. The van der Waals surface area contributed by atoms with E-state index in [9.17, 15) is 9.18 Å². The molecule has 26 heavy (non-hydrogen) atoms. The molecule has 0 unspecified atom stereocenters. The molecule has 0 N–H and O–H groups in total. The van der Waals surface area contributed by atoms with Crippen molar-refractivity contribution in [2.24, 2.45) is 0 Å². The van der Waals surface area contributed by atoms with Crippen LogP contribution in [0.15, 0.2) is 85.2 Å². The molecule has 0 saturated carbocycles. The van der Waals surface area contributed by atoms with Crippen LogP contribution in [-0.4, -0.2) is 15.3 Å². The minimum absolute atomic E-state index is 0.193. The molecule has 5 heteroatoms. The zero-order chi connectivity index (χ0) is 17.9. The summed E-state index contributed by atoms with van der Waals surface area (Å²) in [5, 5.41) is 0. The number of nitrogens with zero attached hydrogens (tertiary/aromatic N) is 3. The molecule has 128 valence electrons. The van der Waals surface area contributed by atoms with E-state index >= 15 is 0 Å². The van der Waals surface area contributed by atoms with Crippen molar-refractivity contribution in [2.75, 3.05) is 4.90 Å². The lowest BCUT2D eigenvalue weighted by molar-refractivity contribution is 0.0984. The second-order valence-electron chi connectivity index (χ2n) is 5.91. The summed E-state index contributed by atoms with van der Waals surface area (Å²) < 4.78 is 15.2. The number of imidazole rings is 1. The number of anilines is 1. The Morgan fingerprint density at radius 2 is 1.69 bits per heavy atom. The van der Waals surface area contributed by atoms with Crippen LogP contribution in [0.5, 0.6) is 0 Å². The zero-order valence-electron chi connectivity index (χ0n) is 13.9. The fourth-order valence-corrected chi connectivity index (χ4v) is 2.90. The number of amides is 1. The van der Waals surface area contributed by atoms with Gasteiger partial charge in [-0.2, -0.15) is 0 Å². The summed E-state index contributed by atoms with van der Waals surface area (Å²) in [5.74, 6) is -0.559. The van der Waals surface area contributed by atoms with Crippen molar-refractivity contribution in [2.45, 2.75) is 6.54 Å². The third-order valence-corrected chi connectivity index (χ3v) is 4.22. The van der Waals surface area contributed by atoms with Gasteiger partial charge in [0, 0.05) is 17.4 Å². The molecular formula is C21H16FN3O. The molecular weight excluding hydrogens is 329 g/mol. The Hall–Kier alpha value is -3.47. The fraction of sp³-hybridized carbons (Fsp3) is 0.0476. The monoisotopic (exact) mass is 345 g/mol. The Balaban J connectivity index is 1.74. The van der Waals surface area contributed by atoms with E-state index in [4.69, 9.17) is 0 Å². The number of carbonyl (C=O) groups excluding carboxylic acids is 1. The van der Waals surface area contributed by atoms with Crippen LogP contribution in [0, 0.1) is 5.82 Å². The third-order valence-electron chi connectivity index (χ3n) is 4.22. The lowest BCUT2D eigenvalue weighted by Gasteiger charge is -2.23.